The van der Waals surface area contributed by atoms with E-state index in [-0.39, 0.29) is 0 Å². The summed E-state index contributed by atoms with van der Waals surface area (Å²) in [6.07, 6.45) is 1.79. The second-order valence-electron chi connectivity index (χ2n) is 4.12. The Morgan fingerprint density at radius 1 is 1.22 bits per heavy atom. The molecule has 0 saturated heterocycles. The van der Waals surface area contributed by atoms with Crippen LogP contribution in [0, 0.1) is 0 Å². The number of aromatic nitrogens is 1. The van der Waals surface area contributed by atoms with Crippen molar-refractivity contribution in [3.63, 3.8) is 0 Å². The number of rotatable bonds is 4. The molecule has 2 aromatic rings. The molecule has 0 aliphatic rings. The van der Waals surface area contributed by atoms with Crippen molar-refractivity contribution >= 4 is 11.5 Å². The molecule has 0 fully saturated rings. The van der Waals surface area contributed by atoms with Crippen molar-refractivity contribution in [1.82, 2.24) is 4.98 Å². The van der Waals surface area contributed by atoms with Crippen LogP contribution in [0.15, 0.2) is 42.6 Å². The van der Waals surface area contributed by atoms with E-state index in [0.29, 0.717) is 5.82 Å². The number of nitrogens with two attached hydrogens (primary N) is 1. The maximum absolute atomic E-state index is 5.57. The van der Waals surface area contributed by atoms with Crippen LogP contribution in [-0.4, -0.2) is 19.1 Å². The van der Waals surface area contributed by atoms with E-state index in [1.807, 2.05) is 43.4 Å². The molecule has 0 amide bonds. The minimum Gasteiger partial charge on any atom is -0.495 e. The average Bonchev–Trinajstić information content (AvgIpc) is 2.41. The molecule has 0 atom stereocenters. The molecule has 18 heavy (non-hydrogen) atoms. The Morgan fingerprint density at radius 3 is 2.67 bits per heavy atom. The van der Waals surface area contributed by atoms with Gasteiger partial charge < -0.3 is 15.4 Å². The zero-order valence-electron chi connectivity index (χ0n) is 10.6. The van der Waals surface area contributed by atoms with Crippen molar-refractivity contribution in [2.75, 3.05) is 24.8 Å². The molecular formula is C14H17N3O. The Hall–Kier alpha value is -2.23. The summed E-state index contributed by atoms with van der Waals surface area (Å²) in [4.78, 5) is 6.21. The number of hydrogen-bond acceptors (Lipinski definition) is 4. The van der Waals surface area contributed by atoms with Crippen LogP contribution in [0.5, 0.6) is 5.75 Å². The smallest absolute Gasteiger partial charge is 0.142 e. The van der Waals surface area contributed by atoms with Crippen LogP contribution in [0.1, 0.15) is 5.56 Å². The SMILES string of the molecule is COc1ccccc1N(C)Cc1ccc(N)nc1. The normalized spacial score (nSPS) is 10.1. The number of anilines is 2. The quantitative estimate of drug-likeness (QED) is 0.895. The van der Waals surface area contributed by atoms with Crippen LogP contribution in [0.3, 0.4) is 0 Å². The van der Waals surface area contributed by atoms with Crippen LogP contribution >= 0.6 is 0 Å². The lowest BCUT2D eigenvalue weighted by molar-refractivity contribution is 0.415. The summed E-state index contributed by atoms with van der Waals surface area (Å²) in [7, 11) is 3.70. The average molecular weight is 243 g/mol. The van der Waals surface area contributed by atoms with Gasteiger partial charge in [0.25, 0.3) is 0 Å². The molecular weight excluding hydrogens is 226 g/mol. The fraction of sp³-hybridized carbons (Fsp3) is 0.214. The Balaban J connectivity index is 2.16. The Bertz CT molecular complexity index is 511. The number of nitrogens with zero attached hydrogens (tertiary/aromatic N) is 2. The number of methoxy groups -OCH3 is 1. The van der Waals surface area contributed by atoms with Crippen LogP contribution in [0.25, 0.3) is 0 Å². The predicted molar refractivity (Wildman–Crippen MR) is 73.8 cm³/mol. The molecule has 0 unspecified atom stereocenters. The maximum atomic E-state index is 5.57. The highest BCUT2D eigenvalue weighted by molar-refractivity contribution is 5.58. The van der Waals surface area contributed by atoms with Gasteiger partial charge in [0.15, 0.2) is 0 Å². The molecule has 94 valence electrons. The second kappa shape index (κ2) is 5.40. The first-order valence-corrected chi connectivity index (χ1v) is 5.75. The lowest BCUT2D eigenvalue weighted by Gasteiger charge is -2.21. The van der Waals surface area contributed by atoms with Crippen molar-refractivity contribution in [3.8, 4) is 5.75 Å². The van der Waals surface area contributed by atoms with Gasteiger partial charge in [0.05, 0.1) is 12.8 Å². The van der Waals surface area contributed by atoms with Gasteiger partial charge in [0, 0.05) is 19.8 Å². The van der Waals surface area contributed by atoms with Crippen LogP contribution in [0.4, 0.5) is 11.5 Å². The van der Waals surface area contributed by atoms with E-state index in [4.69, 9.17) is 10.5 Å². The lowest BCUT2D eigenvalue weighted by atomic mass is 10.2. The molecule has 1 heterocycles. The van der Waals surface area contributed by atoms with E-state index < -0.39 is 0 Å². The first kappa shape index (κ1) is 12.2. The summed E-state index contributed by atoms with van der Waals surface area (Å²) in [5, 5.41) is 0. The highest BCUT2D eigenvalue weighted by Gasteiger charge is 2.07. The number of nitrogen functional groups attached to an aromatic ring is 1. The largest absolute Gasteiger partial charge is 0.495 e. The zero-order valence-corrected chi connectivity index (χ0v) is 10.6. The number of pyridine rings is 1. The molecule has 1 aromatic heterocycles. The molecule has 4 heteroatoms. The first-order valence-electron chi connectivity index (χ1n) is 5.75. The maximum Gasteiger partial charge on any atom is 0.142 e. The predicted octanol–water partition coefficient (Wildman–Crippen LogP) is 2.31. The van der Waals surface area contributed by atoms with Gasteiger partial charge in [-0.05, 0) is 23.8 Å². The minimum atomic E-state index is 0.540. The molecule has 0 aliphatic heterocycles. The third kappa shape index (κ3) is 2.71. The van der Waals surface area contributed by atoms with Gasteiger partial charge in [-0.2, -0.15) is 0 Å². The number of hydrogen-bond donors (Lipinski definition) is 1. The summed E-state index contributed by atoms with van der Waals surface area (Å²) in [5.41, 5.74) is 7.73. The molecule has 2 N–H and O–H groups in total. The molecule has 0 aliphatic carbocycles. The molecule has 4 nitrogen and oxygen atoms in total. The van der Waals surface area contributed by atoms with E-state index in [9.17, 15) is 0 Å². The van der Waals surface area contributed by atoms with E-state index in [0.717, 1.165) is 23.5 Å². The molecule has 0 saturated carbocycles. The second-order valence-corrected chi connectivity index (χ2v) is 4.12. The lowest BCUT2D eigenvalue weighted by Crippen LogP contribution is -2.17. The molecule has 0 bridgehead atoms. The van der Waals surface area contributed by atoms with Crippen molar-refractivity contribution in [1.29, 1.82) is 0 Å². The third-order valence-corrected chi connectivity index (χ3v) is 2.76. The molecule has 0 spiro atoms. The minimum absolute atomic E-state index is 0.540. The van der Waals surface area contributed by atoms with E-state index >= 15 is 0 Å². The van der Waals surface area contributed by atoms with Crippen molar-refractivity contribution in [3.05, 3.63) is 48.2 Å². The molecule has 2 rings (SSSR count). The fourth-order valence-electron chi connectivity index (χ4n) is 1.83. The standard InChI is InChI=1S/C14H17N3O/c1-17(10-11-7-8-14(15)16-9-11)12-5-3-4-6-13(12)18-2/h3-9H,10H2,1-2H3,(H2,15,16). The monoisotopic (exact) mass is 243 g/mol. The molecule has 0 radical (unpaired) electrons. The fourth-order valence-corrected chi connectivity index (χ4v) is 1.83. The highest BCUT2D eigenvalue weighted by atomic mass is 16.5. The van der Waals surface area contributed by atoms with Gasteiger partial charge in [0.2, 0.25) is 0 Å². The van der Waals surface area contributed by atoms with Crippen molar-refractivity contribution < 1.29 is 4.74 Å². The topological polar surface area (TPSA) is 51.4 Å². The van der Waals surface area contributed by atoms with E-state index in [2.05, 4.69) is 9.88 Å². The Morgan fingerprint density at radius 2 is 2.00 bits per heavy atom. The zero-order chi connectivity index (χ0) is 13.0. The Kier molecular flexibility index (Phi) is 3.67. The van der Waals surface area contributed by atoms with Crippen LogP contribution in [-0.2, 0) is 6.54 Å². The first-order chi connectivity index (χ1) is 8.70. The highest BCUT2D eigenvalue weighted by Crippen LogP contribution is 2.27. The third-order valence-electron chi connectivity index (χ3n) is 2.76. The van der Waals surface area contributed by atoms with Gasteiger partial charge in [-0.25, -0.2) is 4.98 Å². The van der Waals surface area contributed by atoms with Crippen molar-refractivity contribution in [2.24, 2.45) is 0 Å². The van der Waals surface area contributed by atoms with Crippen molar-refractivity contribution in [2.45, 2.75) is 6.54 Å². The van der Waals surface area contributed by atoms with Gasteiger partial charge in [-0.15, -0.1) is 0 Å². The van der Waals surface area contributed by atoms with E-state index in [1.165, 1.54) is 0 Å². The van der Waals surface area contributed by atoms with E-state index in [1.54, 1.807) is 13.3 Å². The van der Waals surface area contributed by atoms with Gasteiger partial charge in [-0.3, -0.25) is 0 Å². The summed E-state index contributed by atoms with van der Waals surface area (Å²) in [6.45, 7) is 0.758. The summed E-state index contributed by atoms with van der Waals surface area (Å²) >= 11 is 0. The Labute approximate surface area is 107 Å². The molecule has 1 aromatic carbocycles. The summed E-state index contributed by atoms with van der Waals surface area (Å²) < 4.78 is 5.35. The van der Waals surface area contributed by atoms with Crippen LogP contribution in [0.2, 0.25) is 0 Å². The van der Waals surface area contributed by atoms with Gasteiger partial charge in [0.1, 0.15) is 11.6 Å². The number of para-hydroxylation sites is 2. The van der Waals surface area contributed by atoms with Gasteiger partial charge >= 0.3 is 0 Å². The number of benzene rings is 1. The summed E-state index contributed by atoms with van der Waals surface area (Å²) in [5.74, 6) is 1.40. The van der Waals surface area contributed by atoms with Crippen LogP contribution < -0.4 is 15.4 Å². The van der Waals surface area contributed by atoms with Gasteiger partial charge in [-0.1, -0.05) is 18.2 Å². The summed E-state index contributed by atoms with van der Waals surface area (Å²) in [6, 6.07) is 11.7. The number of ether oxygens (including phenoxy) is 1.